The van der Waals surface area contributed by atoms with Crippen LogP contribution < -0.4 is 0 Å². The highest BCUT2D eigenvalue weighted by Gasteiger charge is 2.50. The summed E-state index contributed by atoms with van der Waals surface area (Å²) < 4.78 is 6.07. The fraction of sp³-hybridized carbons (Fsp3) is 1.00. The van der Waals surface area contributed by atoms with Crippen molar-refractivity contribution < 1.29 is 9.84 Å². The van der Waals surface area contributed by atoms with Crippen molar-refractivity contribution in [3.8, 4) is 0 Å². The molecule has 4 heteroatoms. The van der Waals surface area contributed by atoms with Crippen molar-refractivity contribution in [2.45, 2.75) is 64.4 Å². The third kappa shape index (κ3) is 4.28. The van der Waals surface area contributed by atoms with Gasteiger partial charge in [0.05, 0.1) is 19.3 Å². The van der Waals surface area contributed by atoms with E-state index in [9.17, 15) is 5.11 Å². The number of rotatable bonds is 6. The van der Waals surface area contributed by atoms with Gasteiger partial charge in [-0.15, -0.1) is 12.4 Å². The molecule has 1 atom stereocenters. The van der Waals surface area contributed by atoms with Gasteiger partial charge in [-0.25, -0.2) is 0 Å². The van der Waals surface area contributed by atoms with Crippen molar-refractivity contribution in [1.29, 1.82) is 0 Å². The lowest BCUT2D eigenvalue weighted by atomic mass is 9.50. The number of hydrogen-bond acceptors (Lipinski definition) is 3. The molecule has 5 fully saturated rings. The molecular formula is C20H36ClNO2. The first-order valence-electron chi connectivity index (χ1n) is 10.1. The highest BCUT2D eigenvalue weighted by molar-refractivity contribution is 5.85. The summed E-state index contributed by atoms with van der Waals surface area (Å²) in [6.07, 6.45) is 10.9. The van der Waals surface area contributed by atoms with E-state index in [0.717, 1.165) is 49.9 Å². The SMILES string of the molecule is CC1CCN(CC(O)COCC23CC4CC(CC(C4)C2)C3)CC1.Cl. The first kappa shape index (κ1) is 18.9. The number of hydrogen-bond donors (Lipinski definition) is 1. The maximum atomic E-state index is 10.3. The molecule has 1 N–H and O–H groups in total. The highest BCUT2D eigenvalue weighted by atomic mass is 35.5. The molecular weight excluding hydrogens is 322 g/mol. The molecule has 0 aromatic heterocycles. The minimum absolute atomic E-state index is 0. The van der Waals surface area contributed by atoms with Gasteiger partial charge in [0, 0.05) is 6.54 Å². The van der Waals surface area contributed by atoms with Crippen molar-refractivity contribution in [2.75, 3.05) is 32.8 Å². The Labute approximate surface area is 153 Å². The zero-order chi connectivity index (χ0) is 15.9. The maximum Gasteiger partial charge on any atom is 0.0900 e. The van der Waals surface area contributed by atoms with Crippen LogP contribution in [0.4, 0.5) is 0 Å². The second-order valence-electron chi connectivity index (χ2n) is 9.57. The van der Waals surface area contributed by atoms with Crippen LogP contribution in [0.25, 0.3) is 0 Å². The Bertz CT molecular complexity index is 373. The Morgan fingerprint density at radius 2 is 1.58 bits per heavy atom. The van der Waals surface area contributed by atoms with Crippen LogP contribution in [0.3, 0.4) is 0 Å². The summed E-state index contributed by atoms with van der Waals surface area (Å²) in [6.45, 7) is 6.87. The second kappa shape index (κ2) is 7.82. The van der Waals surface area contributed by atoms with Crippen molar-refractivity contribution in [1.82, 2.24) is 4.90 Å². The topological polar surface area (TPSA) is 32.7 Å². The Balaban J connectivity index is 0.00000169. The molecule has 4 saturated carbocycles. The number of ether oxygens (including phenoxy) is 1. The standard InChI is InChI=1S/C20H35NO2.ClH/c1-15-2-4-21(5-3-15)12-19(22)13-23-14-20-9-16-6-17(10-20)8-18(7-16)11-20;/h15-19,22H,2-14H2,1H3;1H. The van der Waals surface area contributed by atoms with Gasteiger partial charge in [0.1, 0.15) is 0 Å². The smallest absolute Gasteiger partial charge is 0.0900 e. The van der Waals surface area contributed by atoms with E-state index in [1.807, 2.05) is 0 Å². The molecule has 24 heavy (non-hydrogen) atoms. The Morgan fingerprint density at radius 1 is 1.04 bits per heavy atom. The third-order valence-electron chi connectivity index (χ3n) is 7.23. The van der Waals surface area contributed by atoms with E-state index in [4.69, 9.17) is 4.74 Å². The largest absolute Gasteiger partial charge is 0.389 e. The van der Waals surface area contributed by atoms with E-state index >= 15 is 0 Å². The van der Waals surface area contributed by atoms with Crippen LogP contribution in [0.2, 0.25) is 0 Å². The summed E-state index contributed by atoms with van der Waals surface area (Å²) >= 11 is 0. The summed E-state index contributed by atoms with van der Waals surface area (Å²) in [5.74, 6) is 3.83. The van der Waals surface area contributed by atoms with Gasteiger partial charge >= 0.3 is 0 Å². The van der Waals surface area contributed by atoms with E-state index in [1.165, 1.54) is 51.4 Å². The van der Waals surface area contributed by atoms with Crippen LogP contribution in [-0.4, -0.2) is 49.0 Å². The van der Waals surface area contributed by atoms with Gasteiger partial charge < -0.3 is 14.7 Å². The van der Waals surface area contributed by atoms with Crippen LogP contribution in [0.1, 0.15) is 58.3 Å². The Kier molecular flexibility index (Phi) is 6.17. The third-order valence-corrected chi connectivity index (χ3v) is 7.23. The molecule has 1 aliphatic heterocycles. The molecule has 1 heterocycles. The van der Waals surface area contributed by atoms with Crippen LogP contribution in [0.15, 0.2) is 0 Å². The number of halogens is 1. The normalized spacial score (nSPS) is 40.5. The summed E-state index contributed by atoms with van der Waals surface area (Å²) in [5.41, 5.74) is 0.481. The van der Waals surface area contributed by atoms with Gasteiger partial charge in [-0.05, 0) is 93.5 Å². The highest BCUT2D eigenvalue weighted by Crippen LogP contribution is 2.60. The van der Waals surface area contributed by atoms with Crippen LogP contribution in [0, 0.1) is 29.1 Å². The fourth-order valence-corrected chi connectivity index (χ4v) is 6.47. The number of piperidine rings is 1. The Hall–Kier alpha value is 0.170. The van der Waals surface area contributed by atoms with Crippen molar-refractivity contribution in [3.05, 3.63) is 0 Å². The molecule has 0 aromatic carbocycles. The second-order valence-corrected chi connectivity index (χ2v) is 9.57. The number of aliphatic hydroxyl groups is 1. The number of β-amino-alcohol motifs (C(OH)–C–C–N with tert-alkyl or cyclic N) is 1. The lowest BCUT2D eigenvalue weighted by Crippen LogP contribution is -2.48. The van der Waals surface area contributed by atoms with Crippen LogP contribution in [0.5, 0.6) is 0 Å². The van der Waals surface area contributed by atoms with Gasteiger partial charge in [-0.1, -0.05) is 6.92 Å². The molecule has 0 amide bonds. The minimum Gasteiger partial charge on any atom is -0.389 e. The summed E-state index contributed by atoms with van der Waals surface area (Å²) in [7, 11) is 0. The first-order chi connectivity index (χ1) is 11.1. The molecule has 5 aliphatic rings. The molecule has 1 saturated heterocycles. The van der Waals surface area contributed by atoms with Gasteiger partial charge in [0.2, 0.25) is 0 Å². The maximum absolute atomic E-state index is 10.3. The number of nitrogens with zero attached hydrogens (tertiary/aromatic N) is 1. The molecule has 3 nitrogen and oxygen atoms in total. The average Bonchev–Trinajstić information content (AvgIpc) is 2.48. The van der Waals surface area contributed by atoms with Crippen molar-refractivity contribution in [3.63, 3.8) is 0 Å². The molecule has 0 aromatic rings. The van der Waals surface area contributed by atoms with Crippen LogP contribution >= 0.6 is 12.4 Å². The van der Waals surface area contributed by atoms with E-state index in [-0.39, 0.29) is 18.5 Å². The lowest BCUT2D eigenvalue weighted by molar-refractivity contribution is -0.107. The summed E-state index contributed by atoms with van der Waals surface area (Å²) in [4.78, 5) is 2.42. The first-order valence-corrected chi connectivity index (χ1v) is 10.1. The summed E-state index contributed by atoms with van der Waals surface area (Å²) in [6, 6.07) is 0. The van der Waals surface area contributed by atoms with Gasteiger partial charge in [-0.3, -0.25) is 0 Å². The van der Waals surface area contributed by atoms with Crippen LogP contribution in [-0.2, 0) is 4.74 Å². The molecule has 1 unspecified atom stereocenters. The molecule has 4 aliphatic carbocycles. The van der Waals surface area contributed by atoms with Crippen molar-refractivity contribution in [2.24, 2.45) is 29.1 Å². The Morgan fingerprint density at radius 3 is 2.12 bits per heavy atom. The fourth-order valence-electron chi connectivity index (χ4n) is 6.47. The van der Waals surface area contributed by atoms with Gasteiger partial charge in [0.25, 0.3) is 0 Å². The van der Waals surface area contributed by atoms with E-state index < -0.39 is 0 Å². The molecule has 0 spiro atoms. The predicted octanol–water partition coefficient (Wildman–Crippen LogP) is 3.73. The molecule has 5 rings (SSSR count). The number of aliphatic hydroxyl groups excluding tert-OH is 1. The minimum atomic E-state index is -0.308. The summed E-state index contributed by atoms with van der Waals surface area (Å²) in [5, 5.41) is 10.3. The zero-order valence-corrected chi connectivity index (χ0v) is 16.1. The monoisotopic (exact) mass is 357 g/mol. The quantitative estimate of drug-likeness (QED) is 0.786. The zero-order valence-electron chi connectivity index (χ0n) is 15.3. The van der Waals surface area contributed by atoms with E-state index in [1.54, 1.807) is 0 Å². The van der Waals surface area contributed by atoms with E-state index in [2.05, 4.69) is 11.8 Å². The average molecular weight is 358 g/mol. The molecule has 4 bridgehead atoms. The molecule has 140 valence electrons. The van der Waals surface area contributed by atoms with Gasteiger partial charge in [0.15, 0.2) is 0 Å². The van der Waals surface area contributed by atoms with Gasteiger partial charge in [-0.2, -0.15) is 0 Å². The van der Waals surface area contributed by atoms with E-state index in [0.29, 0.717) is 12.0 Å². The lowest BCUT2D eigenvalue weighted by Gasteiger charge is -2.56. The number of likely N-dealkylation sites (tertiary alicyclic amines) is 1. The predicted molar refractivity (Wildman–Crippen MR) is 99.5 cm³/mol. The van der Waals surface area contributed by atoms with Crippen molar-refractivity contribution >= 4 is 12.4 Å². The molecule has 0 radical (unpaired) electrons.